The van der Waals surface area contributed by atoms with Crippen molar-refractivity contribution in [3.05, 3.63) is 70.2 Å². The van der Waals surface area contributed by atoms with Crippen LogP contribution in [-0.2, 0) is 0 Å². The molecule has 2 aromatic carbocycles. The van der Waals surface area contributed by atoms with Gasteiger partial charge in [-0.2, -0.15) is 0 Å². The van der Waals surface area contributed by atoms with Gasteiger partial charge in [0, 0.05) is 16.3 Å². The number of nitrogens with zero attached hydrogens (tertiary/aromatic N) is 1. The summed E-state index contributed by atoms with van der Waals surface area (Å²) in [6.45, 7) is 0. The van der Waals surface area contributed by atoms with Gasteiger partial charge in [0.25, 0.3) is 5.91 Å². The Bertz CT molecular complexity index is 532. The highest BCUT2D eigenvalue weighted by Gasteiger charge is 2.01. The number of carbonyl (C=O) groups excluding carboxylic acids is 1. The highest BCUT2D eigenvalue weighted by molar-refractivity contribution is 9.10. The highest BCUT2D eigenvalue weighted by atomic mass is 79.9. The number of amides is 1. The Balaban J connectivity index is 2.12. The average Bonchev–Trinajstić information content (AvgIpc) is 2.38. The van der Waals surface area contributed by atoms with Gasteiger partial charge in [-0.05, 0) is 29.8 Å². The molecule has 2 rings (SSSR count). The average molecular weight is 288 g/mol. The van der Waals surface area contributed by atoms with E-state index in [0.29, 0.717) is 5.56 Å². The van der Waals surface area contributed by atoms with Crippen LogP contribution >= 0.6 is 15.9 Å². The number of hydrogen-bond donors (Lipinski definition) is 0. The lowest BCUT2D eigenvalue weighted by molar-refractivity contribution is 0.100. The molecule has 2 nitrogen and oxygen atoms in total. The van der Waals surface area contributed by atoms with Gasteiger partial charge < -0.3 is 0 Å². The third-order valence-electron chi connectivity index (χ3n) is 2.22. The van der Waals surface area contributed by atoms with Crippen LogP contribution in [0.3, 0.4) is 0 Å². The zero-order valence-electron chi connectivity index (χ0n) is 9.01. The summed E-state index contributed by atoms with van der Waals surface area (Å²) in [5, 5.41) is 0. The van der Waals surface area contributed by atoms with E-state index in [2.05, 4.69) is 20.9 Å². The smallest absolute Gasteiger partial charge is 0.267 e. The molecule has 0 heterocycles. The van der Waals surface area contributed by atoms with Gasteiger partial charge in [-0.15, -0.1) is 0 Å². The molecule has 0 atom stereocenters. The molecule has 0 unspecified atom stereocenters. The van der Waals surface area contributed by atoms with E-state index in [9.17, 15) is 4.79 Å². The molecule has 2 aromatic rings. The molecule has 17 heavy (non-hydrogen) atoms. The Morgan fingerprint density at radius 1 is 1.00 bits per heavy atom. The van der Waals surface area contributed by atoms with Crippen LogP contribution in [0.25, 0.3) is 0 Å². The molecule has 0 radical (unpaired) electrons. The lowest BCUT2D eigenvalue weighted by Gasteiger charge is -1.95. The molecule has 0 saturated heterocycles. The summed E-state index contributed by atoms with van der Waals surface area (Å²) in [5.41, 5.74) is 1.50. The first-order valence-electron chi connectivity index (χ1n) is 5.15. The standard InChI is InChI=1S/C14H10BrNO/c15-13-8-6-12(7-9-13)14(17)16-10-11-4-2-1-3-5-11/h1-10H. The van der Waals surface area contributed by atoms with Crippen LogP contribution in [0.4, 0.5) is 0 Å². The van der Waals surface area contributed by atoms with E-state index in [1.165, 1.54) is 0 Å². The van der Waals surface area contributed by atoms with E-state index in [4.69, 9.17) is 0 Å². The number of carbonyl (C=O) groups is 1. The van der Waals surface area contributed by atoms with E-state index in [1.54, 1.807) is 18.3 Å². The van der Waals surface area contributed by atoms with E-state index >= 15 is 0 Å². The summed E-state index contributed by atoms with van der Waals surface area (Å²) >= 11 is 3.32. The maximum Gasteiger partial charge on any atom is 0.276 e. The maximum absolute atomic E-state index is 11.7. The molecule has 0 fully saturated rings. The molecule has 0 aliphatic carbocycles. The van der Waals surface area contributed by atoms with Crippen molar-refractivity contribution in [2.45, 2.75) is 0 Å². The molecule has 3 heteroatoms. The second kappa shape index (κ2) is 5.55. The van der Waals surface area contributed by atoms with Crippen molar-refractivity contribution in [2.24, 2.45) is 4.99 Å². The number of halogens is 1. The summed E-state index contributed by atoms with van der Waals surface area (Å²) in [6, 6.07) is 16.7. The van der Waals surface area contributed by atoms with Gasteiger partial charge in [0.1, 0.15) is 0 Å². The molecule has 0 saturated carbocycles. The molecule has 0 bridgehead atoms. The Hall–Kier alpha value is -1.74. The van der Waals surface area contributed by atoms with Crippen LogP contribution in [0.5, 0.6) is 0 Å². The van der Waals surface area contributed by atoms with Crippen molar-refractivity contribution in [2.75, 3.05) is 0 Å². The van der Waals surface area contributed by atoms with Gasteiger partial charge in [0.2, 0.25) is 0 Å². The molecule has 84 valence electrons. The second-order valence-corrected chi connectivity index (χ2v) is 4.40. The minimum atomic E-state index is -0.235. The van der Waals surface area contributed by atoms with Crippen molar-refractivity contribution in [1.29, 1.82) is 0 Å². The van der Waals surface area contributed by atoms with Crippen LogP contribution in [0.1, 0.15) is 15.9 Å². The maximum atomic E-state index is 11.7. The minimum Gasteiger partial charge on any atom is -0.267 e. The lowest BCUT2D eigenvalue weighted by Crippen LogP contribution is -1.95. The summed E-state index contributed by atoms with van der Waals surface area (Å²) in [4.78, 5) is 15.6. The predicted octanol–water partition coefficient (Wildman–Crippen LogP) is 3.71. The summed E-state index contributed by atoms with van der Waals surface area (Å²) in [5.74, 6) is -0.235. The quantitative estimate of drug-likeness (QED) is 0.775. The molecular formula is C14H10BrNO. The second-order valence-electron chi connectivity index (χ2n) is 3.48. The lowest BCUT2D eigenvalue weighted by atomic mass is 10.2. The zero-order chi connectivity index (χ0) is 12.1. The van der Waals surface area contributed by atoms with Gasteiger partial charge in [0.15, 0.2) is 0 Å². The summed E-state index contributed by atoms with van der Waals surface area (Å²) in [7, 11) is 0. The van der Waals surface area contributed by atoms with Crippen molar-refractivity contribution >= 4 is 28.1 Å². The topological polar surface area (TPSA) is 29.4 Å². The predicted molar refractivity (Wildman–Crippen MR) is 72.5 cm³/mol. The summed E-state index contributed by atoms with van der Waals surface area (Å²) < 4.78 is 0.945. The van der Waals surface area contributed by atoms with Crippen molar-refractivity contribution in [3.63, 3.8) is 0 Å². The highest BCUT2D eigenvalue weighted by Crippen LogP contribution is 2.11. The van der Waals surface area contributed by atoms with E-state index in [-0.39, 0.29) is 5.91 Å². The fraction of sp³-hybridized carbons (Fsp3) is 0. The monoisotopic (exact) mass is 287 g/mol. The first kappa shape index (κ1) is 11.7. The van der Waals surface area contributed by atoms with Gasteiger partial charge in [-0.25, -0.2) is 4.99 Å². The number of aliphatic imine (C=N–C) groups is 1. The zero-order valence-corrected chi connectivity index (χ0v) is 10.6. The van der Waals surface area contributed by atoms with Crippen molar-refractivity contribution < 1.29 is 4.79 Å². The number of hydrogen-bond acceptors (Lipinski definition) is 1. The molecule has 0 N–H and O–H groups in total. The Labute approximate surface area is 108 Å². The Morgan fingerprint density at radius 3 is 2.29 bits per heavy atom. The van der Waals surface area contributed by atoms with E-state index in [0.717, 1.165) is 10.0 Å². The third kappa shape index (κ3) is 3.36. The minimum absolute atomic E-state index is 0.235. The van der Waals surface area contributed by atoms with Crippen LogP contribution in [-0.4, -0.2) is 12.1 Å². The van der Waals surface area contributed by atoms with E-state index in [1.807, 2.05) is 42.5 Å². The van der Waals surface area contributed by atoms with E-state index < -0.39 is 0 Å². The third-order valence-corrected chi connectivity index (χ3v) is 2.75. The van der Waals surface area contributed by atoms with Crippen LogP contribution < -0.4 is 0 Å². The molecule has 0 aliphatic heterocycles. The van der Waals surface area contributed by atoms with Gasteiger partial charge in [-0.1, -0.05) is 46.3 Å². The fourth-order valence-corrected chi connectivity index (χ4v) is 1.60. The Kier molecular flexibility index (Phi) is 3.83. The SMILES string of the molecule is O=C(N=Cc1ccccc1)c1ccc(Br)cc1. The molecular weight excluding hydrogens is 278 g/mol. The van der Waals surface area contributed by atoms with Crippen molar-refractivity contribution in [1.82, 2.24) is 0 Å². The molecule has 0 spiro atoms. The summed E-state index contributed by atoms with van der Waals surface area (Å²) in [6.07, 6.45) is 1.57. The Morgan fingerprint density at radius 2 is 1.65 bits per heavy atom. The van der Waals surface area contributed by atoms with Crippen molar-refractivity contribution in [3.8, 4) is 0 Å². The molecule has 1 amide bonds. The van der Waals surface area contributed by atoms with Crippen LogP contribution in [0.15, 0.2) is 64.1 Å². The van der Waals surface area contributed by atoms with Crippen LogP contribution in [0.2, 0.25) is 0 Å². The normalized spacial score (nSPS) is 10.6. The largest absolute Gasteiger partial charge is 0.276 e. The fourth-order valence-electron chi connectivity index (χ4n) is 1.34. The number of rotatable bonds is 2. The molecule has 0 aromatic heterocycles. The van der Waals surface area contributed by atoms with Gasteiger partial charge >= 0.3 is 0 Å². The van der Waals surface area contributed by atoms with Gasteiger partial charge in [0.05, 0.1) is 0 Å². The van der Waals surface area contributed by atoms with Gasteiger partial charge in [-0.3, -0.25) is 4.79 Å². The number of benzene rings is 2. The molecule has 0 aliphatic rings. The first-order chi connectivity index (χ1) is 8.25. The first-order valence-corrected chi connectivity index (χ1v) is 5.94. The van der Waals surface area contributed by atoms with Crippen LogP contribution in [0, 0.1) is 0 Å².